The van der Waals surface area contributed by atoms with Gasteiger partial charge in [0.1, 0.15) is 0 Å². The number of aromatic nitrogens is 2. The summed E-state index contributed by atoms with van der Waals surface area (Å²) in [5, 5.41) is 7.77. The molecule has 0 saturated heterocycles. The molecule has 1 N–H and O–H groups in total. The maximum absolute atomic E-state index is 4.33. The van der Waals surface area contributed by atoms with E-state index in [9.17, 15) is 0 Å². The molecule has 0 fully saturated rings. The van der Waals surface area contributed by atoms with Gasteiger partial charge in [-0.15, -0.1) is 0 Å². The SMILES string of the molecule is CC(CNCc1ccn(C)n1)c1ccccc1. The second-order valence-corrected chi connectivity index (χ2v) is 4.42. The molecule has 3 nitrogen and oxygen atoms in total. The summed E-state index contributed by atoms with van der Waals surface area (Å²) in [5.41, 5.74) is 2.47. The van der Waals surface area contributed by atoms with Crippen molar-refractivity contribution in [3.63, 3.8) is 0 Å². The van der Waals surface area contributed by atoms with E-state index in [0.29, 0.717) is 5.92 Å². The average Bonchev–Trinajstić information content (AvgIpc) is 2.76. The van der Waals surface area contributed by atoms with Crippen LogP contribution in [0.3, 0.4) is 0 Å². The Kier molecular flexibility index (Phi) is 3.94. The fraction of sp³-hybridized carbons (Fsp3) is 0.357. The second kappa shape index (κ2) is 5.64. The van der Waals surface area contributed by atoms with Gasteiger partial charge in [0.25, 0.3) is 0 Å². The first-order valence-electron chi connectivity index (χ1n) is 6.00. The molecule has 0 bridgehead atoms. The van der Waals surface area contributed by atoms with Crippen LogP contribution < -0.4 is 5.32 Å². The monoisotopic (exact) mass is 229 g/mol. The Hall–Kier alpha value is -1.61. The molecule has 90 valence electrons. The predicted octanol–water partition coefficient (Wildman–Crippen LogP) is 2.31. The van der Waals surface area contributed by atoms with Crippen LogP contribution in [0, 0.1) is 0 Å². The third-order valence-electron chi connectivity index (χ3n) is 2.89. The highest BCUT2D eigenvalue weighted by atomic mass is 15.3. The van der Waals surface area contributed by atoms with E-state index in [-0.39, 0.29) is 0 Å². The molecule has 1 aromatic carbocycles. The number of hydrogen-bond donors (Lipinski definition) is 1. The highest BCUT2D eigenvalue weighted by Crippen LogP contribution is 2.13. The van der Waals surface area contributed by atoms with Crippen LogP contribution in [0.4, 0.5) is 0 Å². The Morgan fingerprint density at radius 3 is 2.65 bits per heavy atom. The Labute approximate surface area is 102 Å². The van der Waals surface area contributed by atoms with E-state index in [0.717, 1.165) is 18.8 Å². The summed E-state index contributed by atoms with van der Waals surface area (Å²) >= 11 is 0. The van der Waals surface area contributed by atoms with Gasteiger partial charge in [0.2, 0.25) is 0 Å². The van der Waals surface area contributed by atoms with E-state index in [1.54, 1.807) is 0 Å². The zero-order valence-electron chi connectivity index (χ0n) is 10.4. The first-order chi connectivity index (χ1) is 8.25. The molecule has 1 atom stereocenters. The maximum atomic E-state index is 4.33. The van der Waals surface area contributed by atoms with Crippen molar-refractivity contribution in [2.75, 3.05) is 6.54 Å². The molecule has 0 amide bonds. The van der Waals surface area contributed by atoms with Gasteiger partial charge < -0.3 is 5.32 Å². The highest BCUT2D eigenvalue weighted by Gasteiger charge is 2.04. The molecular weight excluding hydrogens is 210 g/mol. The molecule has 0 radical (unpaired) electrons. The predicted molar refractivity (Wildman–Crippen MR) is 69.8 cm³/mol. The average molecular weight is 229 g/mol. The van der Waals surface area contributed by atoms with Crippen LogP contribution in [0.2, 0.25) is 0 Å². The number of benzene rings is 1. The molecule has 0 spiro atoms. The van der Waals surface area contributed by atoms with E-state index < -0.39 is 0 Å². The first-order valence-corrected chi connectivity index (χ1v) is 6.00. The zero-order valence-corrected chi connectivity index (χ0v) is 10.4. The van der Waals surface area contributed by atoms with Gasteiger partial charge in [-0.25, -0.2) is 0 Å². The zero-order chi connectivity index (χ0) is 12.1. The number of rotatable bonds is 5. The molecule has 1 aromatic heterocycles. The third-order valence-corrected chi connectivity index (χ3v) is 2.89. The molecule has 1 unspecified atom stereocenters. The molecule has 17 heavy (non-hydrogen) atoms. The lowest BCUT2D eigenvalue weighted by atomic mass is 10.0. The van der Waals surface area contributed by atoms with Gasteiger partial charge in [0, 0.05) is 26.3 Å². The van der Waals surface area contributed by atoms with Crippen molar-refractivity contribution < 1.29 is 0 Å². The molecule has 2 aromatic rings. The van der Waals surface area contributed by atoms with Crippen molar-refractivity contribution in [2.24, 2.45) is 7.05 Å². The summed E-state index contributed by atoms with van der Waals surface area (Å²) < 4.78 is 1.83. The molecule has 0 aliphatic carbocycles. The fourth-order valence-corrected chi connectivity index (χ4v) is 1.87. The van der Waals surface area contributed by atoms with Gasteiger partial charge >= 0.3 is 0 Å². The summed E-state index contributed by atoms with van der Waals surface area (Å²) in [6, 6.07) is 12.6. The highest BCUT2D eigenvalue weighted by molar-refractivity contribution is 5.19. The normalized spacial score (nSPS) is 12.6. The summed E-state index contributed by atoms with van der Waals surface area (Å²) in [6.45, 7) is 4.04. The first kappa shape index (κ1) is 11.9. The Bertz CT molecular complexity index is 448. The van der Waals surface area contributed by atoms with Crippen molar-refractivity contribution in [1.29, 1.82) is 0 Å². The molecule has 0 aliphatic heterocycles. The van der Waals surface area contributed by atoms with Crippen LogP contribution in [0.5, 0.6) is 0 Å². The maximum Gasteiger partial charge on any atom is 0.0762 e. The summed E-state index contributed by atoms with van der Waals surface area (Å²) in [5.74, 6) is 0.528. The minimum atomic E-state index is 0.528. The van der Waals surface area contributed by atoms with E-state index in [1.165, 1.54) is 5.56 Å². The van der Waals surface area contributed by atoms with E-state index >= 15 is 0 Å². The van der Waals surface area contributed by atoms with Crippen LogP contribution in [0.15, 0.2) is 42.6 Å². The van der Waals surface area contributed by atoms with Crippen molar-refractivity contribution in [1.82, 2.24) is 15.1 Å². The van der Waals surface area contributed by atoms with E-state index in [2.05, 4.69) is 47.7 Å². The smallest absolute Gasteiger partial charge is 0.0762 e. The van der Waals surface area contributed by atoms with Crippen LogP contribution in [0.25, 0.3) is 0 Å². The molecule has 2 rings (SSSR count). The fourth-order valence-electron chi connectivity index (χ4n) is 1.87. The Morgan fingerprint density at radius 1 is 1.24 bits per heavy atom. The van der Waals surface area contributed by atoms with Crippen LogP contribution in [-0.2, 0) is 13.6 Å². The van der Waals surface area contributed by atoms with Gasteiger partial charge in [0.05, 0.1) is 5.69 Å². The van der Waals surface area contributed by atoms with Gasteiger partial charge in [-0.2, -0.15) is 5.10 Å². The van der Waals surface area contributed by atoms with Crippen LogP contribution in [-0.4, -0.2) is 16.3 Å². The van der Waals surface area contributed by atoms with E-state index in [4.69, 9.17) is 0 Å². The molecular formula is C14H19N3. The number of nitrogens with zero attached hydrogens (tertiary/aromatic N) is 2. The van der Waals surface area contributed by atoms with E-state index in [1.807, 2.05) is 24.0 Å². The molecule has 1 heterocycles. The largest absolute Gasteiger partial charge is 0.311 e. The van der Waals surface area contributed by atoms with Gasteiger partial charge in [-0.05, 0) is 17.5 Å². The quantitative estimate of drug-likeness (QED) is 0.852. The van der Waals surface area contributed by atoms with Gasteiger partial charge in [-0.3, -0.25) is 4.68 Å². The van der Waals surface area contributed by atoms with Crippen molar-refractivity contribution in [3.8, 4) is 0 Å². The number of nitrogens with one attached hydrogen (secondary N) is 1. The van der Waals surface area contributed by atoms with Gasteiger partial charge in [-0.1, -0.05) is 37.3 Å². The van der Waals surface area contributed by atoms with Crippen LogP contribution in [0.1, 0.15) is 24.1 Å². The Morgan fingerprint density at radius 2 is 2.00 bits per heavy atom. The lowest BCUT2D eigenvalue weighted by molar-refractivity contribution is 0.600. The van der Waals surface area contributed by atoms with Crippen molar-refractivity contribution >= 4 is 0 Å². The second-order valence-electron chi connectivity index (χ2n) is 4.42. The Balaban J connectivity index is 1.79. The summed E-state index contributed by atoms with van der Waals surface area (Å²) in [6.07, 6.45) is 1.97. The third kappa shape index (κ3) is 3.43. The minimum absolute atomic E-state index is 0.528. The number of hydrogen-bond acceptors (Lipinski definition) is 2. The molecule has 0 saturated carbocycles. The molecule has 3 heteroatoms. The topological polar surface area (TPSA) is 29.9 Å². The lowest BCUT2D eigenvalue weighted by Gasteiger charge is -2.12. The lowest BCUT2D eigenvalue weighted by Crippen LogP contribution is -2.20. The van der Waals surface area contributed by atoms with Crippen molar-refractivity contribution in [3.05, 3.63) is 53.9 Å². The standard InChI is InChI=1S/C14H19N3/c1-12(13-6-4-3-5-7-13)10-15-11-14-8-9-17(2)16-14/h3-9,12,15H,10-11H2,1-2H3. The number of aryl methyl sites for hydroxylation is 1. The van der Waals surface area contributed by atoms with Gasteiger partial charge in [0.15, 0.2) is 0 Å². The van der Waals surface area contributed by atoms with Crippen LogP contribution >= 0.6 is 0 Å². The summed E-state index contributed by atoms with van der Waals surface area (Å²) in [4.78, 5) is 0. The minimum Gasteiger partial charge on any atom is -0.311 e. The molecule has 0 aliphatic rings. The summed E-state index contributed by atoms with van der Waals surface area (Å²) in [7, 11) is 1.94. The van der Waals surface area contributed by atoms with Crippen molar-refractivity contribution in [2.45, 2.75) is 19.4 Å².